The summed E-state index contributed by atoms with van der Waals surface area (Å²) in [4.78, 5) is 22.0. The van der Waals surface area contributed by atoms with E-state index in [1.165, 1.54) is 11.3 Å². The first-order chi connectivity index (χ1) is 9.34. The maximum Gasteiger partial charge on any atom is 0.199 e. The van der Waals surface area contributed by atoms with Crippen molar-refractivity contribution in [3.63, 3.8) is 0 Å². The predicted octanol–water partition coefficient (Wildman–Crippen LogP) is 3.36. The second kappa shape index (κ2) is 3.83. The van der Waals surface area contributed by atoms with E-state index in [4.69, 9.17) is 0 Å². The minimum atomic E-state index is 0.0150. The highest BCUT2D eigenvalue weighted by Gasteiger charge is 2.10. The average molecular weight is 264 g/mol. The molecule has 0 spiro atoms. The van der Waals surface area contributed by atoms with Gasteiger partial charge in [0, 0.05) is 22.5 Å². The Kier molecular flexibility index (Phi) is 2.13. The SMILES string of the molecule is O=c1c2cccnc2sc2ccc3cccnc3c12. The third-order valence-corrected chi connectivity index (χ3v) is 4.26. The second-order valence-electron chi connectivity index (χ2n) is 4.30. The molecule has 0 bridgehead atoms. The van der Waals surface area contributed by atoms with Gasteiger partial charge in [-0.2, -0.15) is 0 Å². The third-order valence-electron chi connectivity index (χ3n) is 3.19. The summed E-state index contributed by atoms with van der Waals surface area (Å²) >= 11 is 1.53. The van der Waals surface area contributed by atoms with Crippen molar-refractivity contribution in [1.29, 1.82) is 0 Å². The molecule has 0 radical (unpaired) electrons. The number of pyridine rings is 2. The minimum Gasteiger partial charge on any atom is -0.288 e. The van der Waals surface area contributed by atoms with Crippen LogP contribution in [0.1, 0.15) is 0 Å². The van der Waals surface area contributed by atoms with E-state index in [1.54, 1.807) is 18.5 Å². The summed E-state index contributed by atoms with van der Waals surface area (Å²) in [6.45, 7) is 0. The van der Waals surface area contributed by atoms with Crippen LogP contribution < -0.4 is 5.43 Å². The van der Waals surface area contributed by atoms with E-state index >= 15 is 0 Å². The molecule has 0 saturated heterocycles. The molecule has 0 aliphatic carbocycles. The highest BCUT2D eigenvalue weighted by Crippen LogP contribution is 2.27. The fourth-order valence-electron chi connectivity index (χ4n) is 2.31. The first-order valence-electron chi connectivity index (χ1n) is 5.90. The van der Waals surface area contributed by atoms with E-state index in [0.29, 0.717) is 10.8 Å². The van der Waals surface area contributed by atoms with Gasteiger partial charge in [-0.3, -0.25) is 9.78 Å². The van der Waals surface area contributed by atoms with Gasteiger partial charge in [0.15, 0.2) is 5.43 Å². The lowest BCUT2D eigenvalue weighted by atomic mass is 10.1. The van der Waals surface area contributed by atoms with Crippen LogP contribution in [0.4, 0.5) is 0 Å². The molecule has 0 unspecified atom stereocenters. The number of benzene rings is 1. The maximum atomic E-state index is 12.6. The first-order valence-corrected chi connectivity index (χ1v) is 6.71. The molecular formula is C15H8N2OS. The Hall–Kier alpha value is -2.33. The Morgan fingerprint density at radius 1 is 0.947 bits per heavy atom. The molecule has 0 saturated carbocycles. The van der Waals surface area contributed by atoms with E-state index < -0.39 is 0 Å². The lowest BCUT2D eigenvalue weighted by Crippen LogP contribution is -2.02. The van der Waals surface area contributed by atoms with Gasteiger partial charge in [0.1, 0.15) is 4.83 Å². The molecule has 0 aliphatic rings. The van der Waals surface area contributed by atoms with Crippen molar-refractivity contribution < 1.29 is 0 Å². The number of fused-ring (bicyclic) bond motifs is 4. The Bertz CT molecular complexity index is 991. The fraction of sp³-hybridized carbons (Fsp3) is 0. The zero-order valence-electron chi connectivity index (χ0n) is 9.83. The van der Waals surface area contributed by atoms with Gasteiger partial charge in [-0.15, -0.1) is 11.3 Å². The van der Waals surface area contributed by atoms with Crippen LogP contribution >= 0.6 is 11.3 Å². The number of hydrogen-bond acceptors (Lipinski definition) is 4. The molecule has 0 amide bonds. The van der Waals surface area contributed by atoms with E-state index in [1.807, 2.05) is 30.3 Å². The van der Waals surface area contributed by atoms with Gasteiger partial charge in [-0.1, -0.05) is 12.1 Å². The largest absolute Gasteiger partial charge is 0.288 e. The lowest BCUT2D eigenvalue weighted by Gasteiger charge is -2.03. The van der Waals surface area contributed by atoms with Crippen LogP contribution in [0.15, 0.2) is 53.6 Å². The molecule has 3 aromatic heterocycles. The molecule has 0 N–H and O–H groups in total. The summed E-state index contributed by atoms with van der Waals surface area (Å²) in [5.74, 6) is 0. The highest BCUT2D eigenvalue weighted by atomic mass is 32.1. The summed E-state index contributed by atoms with van der Waals surface area (Å²) < 4.78 is 0.933. The maximum absolute atomic E-state index is 12.6. The van der Waals surface area contributed by atoms with Crippen molar-refractivity contribution in [2.75, 3.05) is 0 Å². The van der Waals surface area contributed by atoms with E-state index in [-0.39, 0.29) is 5.43 Å². The normalized spacial score (nSPS) is 11.4. The minimum absolute atomic E-state index is 0.0150. The summed E-state index contributed by atoms with van der Waals surface area (Å²) in [5, 5.41) is 2.35. The van der Waals surface area contributed by atoms with Crippen LogP contribution in [0.25, 0.3) is 31.2 Å². The molecule has 0 fully saturated rings. The molecule has 1 aromatic carbocycles. The third kappa shape index (κ3) is 1.47. The van der Waals surface area contributed by atoms with Crippen molar-refractivity contribution >= 4 is 42.5 Å². The van der Waals surface area contributed by atoms with Gasteiger partial charge < -0.3 is 0 Å². The molecule has 3 heterocycles. The van der Waals surface area contributed by atoms with Gasteiger partial charge in [0.2, 0.25) is 0 Å². The van der Waals surface area contributed by atoms with E-state index in [0.717, 1.165) is 20.4 Å². The zero-order valence-corrected chi connectivity index (χ0v) is 10.6. The van der Waals surface area contributed by atoms with E-state index in [9.17, 15) is 4.79 Å². The quantitative estimate of drug-likeness (QED) is 0.361. The Morgan fingerprint density at radius 3 is 2.74 bits per heavy atom. The summed E-state index contributed by atoms with van der Waals surface area (Å²) in [5.41, 5.74) is 0.785. The molecule has 19 heavy (non-hydrogen) atoms. The molecule has 0 atom stereocenters. The Morgan fingerprint density at radius 2 is 1.79 bits per heavy atom. The van der Waals surface area contributed by atoms with Crippen LogP contribution in [-0.4, -0.2) is 9.97 Å². The second-order valence-corrected chi connectivity index (χ2v) is 5.33. The van der Waals surface area contributed by atoms with Gasteiger partial charge in [0.25, 0.3) is 0 Å². The molecule has 4 aromatic rings. The highest BCUT2D eigenvalue weighted by molar-refractivity contribution is 7.24. The van der Waals surface area contributed by atoms with Crippen LogP contribution in [0, 0.1) is 0 Å². The van der Waals surface area contributed by atoms with Gasteiger partial charge in [0.05, 0.1) is 16.3 Å². The molecule has 90 valence electrons. The summed E-state index contributed by atoms with van der Waals surface area (Å²) in [6, 6.07) is 11.4. The van der Waals surface area contributed by atoms with Crippen molar-refractivity contribution in [3.8, 4) is 0 Å². The molecule has 4 heteroatoms. The monoisotopic (exact) mass is 264 g/mol. The molecule has 4 rings (SSSR count). The van der Waals surface area contributed by atoms with Crippen molar-refractivity contribution in [3.05, 3.63) is 59.0 Å². The van der Waals surface area contributed by atoms with Crippen LogP contribution in [0.3, 0.4) is 0 Å². The summed E-state index contributed by atoms with van der Waals surface area (Å²) in [7, 11) is 0. The number of nitrogens with zero attached hydrogens (tertiary/aromatic N) is 2. The van der Waals surface area contributed by atoms with E-state index in [2.05, 4.69) is 9.97 Å². The topological polar surface area (TPSA) is 42.9 Å². The number of rotatable bonds is 0. The fourth-order valence-corrected chi connectivity index (χ4v) is 3.33. The first kappa shape index (κ1) is 10.6. The Labute approximate surface area is 112 Å². The van der Waals surface area contributed by atoms with Crippen molar-refractivity contribution in [2.24, 2.45) is 0 Å². The van der Waals surface area contributed by atoms with Crippen LogP contribution in [-0.2, 0) is 0 Å². The van der Waals surface area contributed by atoms with Crippen molar-refractivity contribution in [2.45, 2.75) is 0 Å². The smallest absolute Gasteiger partial charge is 0.199 e. The van der Waals surface area contributed by atoms with Crippen LogP contribution in [0.2, 0.25) is 0 Å². The Balaban J connectivity index is 2.37. The predicted molar refractivity (Wildman–Crippen MR) is 78.7 cm³/mol. The van der Waals surface area contributed by atoms with Crippen molar-refractivity contribution in [1.82, 2.24) is 9.97 Å². The number of hydrogen-bond donors (Lipinski definition) is 0. The van der Waals surface area contributed by atoms with Gasteiger partial charge in [-0.25, -0.2) is 4.98 Å². The molecular weight excluding hydrogens is 256 g/mol. The molecule has 0 aliphatic heterocycles. The molecule has 3 nitrogen and oxygen atoms in total. The lowest BCUT2D eigenvalue weighted by molar-refractivity contribution is 1.42. The summed E-state index contributed by atoms with van der Waals surface area (Å²) in [6.07, 6.45) is 3.43. The van der Waals surface area contributed by atoms with Gasteiger partial charge in [-0.05, 0) is 24.3 Å². The zero-order chi connectivity index (χ0) is 12.8. The van der Waals surface area contributed by atoms with Crippen LogP contribution in [0.5, 0.6) is 0 Å². The number of aromatic nitrogens is 2. The van der Waals surface area contributed by atoms with Gasteiger partial charge >= 0.3 is 0 Å². The standard InChI is InChI=1S/C15H8N2OS/c18-14-10-4-2-8-17-15(10)19-11-6-5-9-3-1-7-16-13(9)12(11)14/h1-8H. The average Bonchev–Trinajstić information content (AvgIpc) is 2.47.